The van der Waals surface area contributed by atoms with Gasteiger partial charge in [0.1, 0.15) is 0 Å². The number of carbonyl (C=O) groups is 1. The van der Waals surface area contributed by atoms with Crippen LogP contribution in [0.4, 0.5) is 5.69 Å². The lowest BCUT2D eigenvalue weighted by molar-refractivity contribution is -0.125. The summed E-state index contributed by atoms with van der Waals surface area (Å²) in [6.45, 7) is 2.19. The van der Waals surface area contributed by atoms with Gasteiger partial charge >= 0.3 is 0 Å². The number of nitrogens with zero attached hydrogens (tertiary/aromatic N) is 3. The molecule has 1 amide bonds. The van der Waals surface area contributed by atoms with Crippen LogP contribution in [0.1, 0.15) is 24.0 Å². The SMILES string of the molecule is COc1ccc(CNC(=O)[C@H]2CCCN(c3cnn(Cc4ccccc4)c(=O)c3)C2)cc1OC. The highest BCUT2D eigenvalue weighted by molar-refractivity contribution is 5.79. The number of benzene rings is 2. The molecule has 2 aromatic carbocycles. The molecular weight excluding hydrogens is 432 g/mol. The number of rotatable bonds is 8. The third kappa shape index (κ3) is 5.57. The number of nitrogens with one attached hydrogen (secondary N) is 1. The van der Waals surface area contributed by atoms with E-state index in [2.05, 4.69) is 15.3 Å². The summed E-state index contributed by atoms with van der Waals surface area (Å²) >= 11 is 0. The molecule has 0 bridgehead atoms. The van der Waals surface area contributed by atoms with Gasteiger partial charge in [-0.25, -0.2) is 4.68 Å². The van der Waals surface area contributed by atoms with Gasteiger partial charge < -0.3 is 19.7 Å². The molecule has 8 heteroatoms. The fourth-order valence-corrected chi connectivity index (χ4v) is 4.22. The Labute approximate surface area is 199 Å². The normalized spacial score (nSPS) is 15.6. The Morgan fingerprint density at radius 1 is 1.06 bits per heavy atom. The summed E-state index contributed by atoms with van der Waals surface area (Å²) in [6.07, 6.45) is 3.41. The number of anilines is 1. The minimum atomic E-state index is -0.152. The van der Waals surface area contributed by atoms with Crippen molar-refractivity contribution in [2.24, 2.45) is 5.92 Å². The third-order valence-electron chi connectivity index (χ3n) is 6.10. The highest BCUT2D eigenvalue weighted by Crippen LogP contribution is 2.27. The van der Waals surface area contributed by atoms with Crippen molar-refractivity contribution < 1.29 is 14.3 Å². The van der Waals surface area contributed by atoms with Crippen LogP contribution in [0.25, 0.3) is 0 Å². The summed E-state index contributed by atoms with van der Waals surface area (Å²) in [6, 6.07) is 17.0. The predicted octanol–water partition coefficient (Wildman–Crippen LogP) is 2.84. The number of ether oxygens (including phenoxy) is 2. The lowest BCUT2D eigenvalue weighted by Gasteiger charge is -2.33. The fourth-order valence-electron chi connectivity index (χ4n) is 4.22. The summed E-state index contributed by atoms with van der Waals surface area (Å²) in [5.41, 5.74) is 2.56. The first-order valence-electron chi connectivity index (χ1n) is 11.4. The van der Waals surface area contributed by atoms with Gasteiger partial charge in [-0.3, -0.25) is 9.59 Å². The Morgan fingerprint density at radius 3 is 2.59 bits per heavy atom. The van der Waals surface area contributed by atoms with Crippen molar-refractivity contribution in [3.63, 3.8) is 0 Å². The molecule has 0 radical (unpaired) electrons. The van der Waals surface area contributed by atoms with Crippen molar-refractivity contribution in [2.45, 2.75) is 25.9 Å². The molecule has 1 aromatic heterocycles. The molecular formula is C26H30N4O4. The first-order valence-corrected chi connectivity index (χ1v) is 11.4. The molecule has 1 aliphatic heterocycles. The van der Waals surface area contributed by atoms with Gasteiger partial charge in [-0.05, 0) is 36.1 Å². The van der Waals surface area contributed by atoms with E-state index >= 15 is 0 Å². The molecule has 3 aromatic rings. The smallest absolute Gasteiger partial charge is 0.269 e. The van der Waals surface area contributed by atoms with E-state index in [1.54, 1.807) is 26.5 Å². The number of aromatic nitrogens is 2. The monoisotopic (exact) mass is 462 g/mol. The summed E-state index contributed by atoms with van der Waals surface area (Å²) in [5.74, 6) is 1.14. The van der Waals surface area contributed by atoms with Crippen molar-refractivity contribution in [3.05, 3.63) is 82.3 Å². The van der Waals surface area contributed by atoms with Gasteiger partial charge in [-0.1, -0.05) is 36.4 Å². The van der Waals surface area contributed by atoms with E-state index in [1.165, 1.54) is 4.68 Å². The lowest BCUT2D eigenvalue weighted by Crippen LogP contribution is -2.43. The number of hydrogen-bond donors (Lipinski definition) is 1. The Balaban J connectivity index is 1.37. The van der Waals surface area contributed by atoms with Gasteiger partial charge in [0, 0.05) is 25.7 Å². The van der Waals surface area contributed by atoms with E-state index in [0.717, 1.165) is 36.2 Å². The highest BCUT2D eigenvalue weighted by atomic mass is 16.5. The van der Waals surface area contributed by atoms with Crippen LogP contribution in [0.3, 0.4) is 0 Å². The Hall–Kier alpha value is -3.81. The maximum atomic E-state index is 12.9. The summed E-state index contributed by atoms with van der Waals surface area (Å²) in [4.78, 5) is 27.6. The van der Waals surface area contributed by atoms with Crippen molar-refractivity contribution in [3.8, 4) is 11.5 Å². The Bertz CT molecular complexity index is 1180. The van der Waals surface area contributed by atoms with Gasteiger partial charge in [0.15, 0.2) is 11.5 Å². The molecule has 2 heterocycles. The fraction of sp³-hybridized carbons (Fsp3) is 0.346. The molecule has 1 N–H and O–H groups in total. The average molecular weight is 463 g/mol. The second-order valence-electron chi connectivity index (χ2n) is 8.39. The van der Waals surface area contributed by atoms with Crippen molar-refractivity contribution in [1.29, 1.82) is 0 Å². The minimum Gasteiger partial charge on any atom is -0.493 e. The van der Waals surface area contributed by atoms with Crippen molar-refractivity contribution in [1.82, 2.24) is 15.1 Å². The van der Waals surface area contributed by atoms with Gasteiger partial charge in [0.05, 0.1) is 38.6 Å². The average Bonchev–Trinajstić information content (AvgIpc) is 2.89. The van der Waals surface area contributed by atoms with Crippen molar-refractivity contribution in [2.75, 3.05) is 32.2 Å². The minimum absolute atomic E-state index is 0.00450. The molecule has 34 heavy (non-hydrogen) atoms. The maximum absolute atomic E-state index is 12.9. The van der Waals surface area contributed by atoms with Crippen LogP contribution in [0.5, 0.6) is 11.5 Å². The van der Waals surface area contributed by atoms with Crippen molar-refractivity contribution >= 4 is 11.6 Å². The molecule has 4 rings (SSSR count). The summed E-state index contributed by atoms with van der Waals surface area (Å²) in [5, 5.41) is 7.40. The standard InChI is InChI=1S/C26H30N4O4/c1-33-23-11-10-20(13-24(23)34-2)15-27-26(32)21-9-6-12-29(18-21)22-14-25(31)30(28-16-22)17-19-7-4-3-5-8-19/h3-5,7-8,10-11,13-14,16,21H,6,9,12,15,17-18H2,1-2H3,(H,27,32)/t21-/m0/s1. The van der Waals surface area contributed by atoms with Crippen LogP contribution in [-0.4, -0.2) is 43.0 Å². The van der Waals surface area contributed by atoms with E-state index < -0.39 is 0 Å². The van der Waals surface area contributed by atoms with Crippen LogP contribution in [0.15, 0.2) is 65.6 Å². The van der Waals surface area contributed by atoms with Gasteiger partial charge in [0.2, 0.25) is 5.91 Å². The molecule has 0 unspecified atom stereocenters. The molecule has 1 aliphatic rings. The predicted molar refractivity (Wildman–Crippen MR) is 130 cm³/mol. The number of amides is 1. The lowest BCUT2D eigenvalue weighted by atomic mass is 9.96. The quantitative estimate of drug-likeness (QED) is 0.554. The number of methoxy groups -OCH3 is 2. The van der Waals surface area contributed by atoms with Crippen LogP contribution in [0.2, 0.25) is 0 Å². The first kappa shape index (κ1) is 23.4. The second kappa shape index (κ2) is 10.9. The van der Waals surface area contributed by atoms with E-state index in [1.807, 2.05) is 48.5 Å². The molecule has 178 valence electrons. The van der Waals surface area contributed by atoms with Crippen LogP contribution < -0.4 is 25.2 Å². The second-order valence-corrected chi connectivity index (χ2v) is 8.39. The van der Waals surface area contributed by atoms with E-state index in [-0.39, 0.29) is 17.4 Å². The third-order valence-corrected chi connectivity index (χ3v) is 6.10. The molecule has 1 fully saturated rings. The molecule has 8 nitrogen and oxygen atoms in total. The highest BCUT2D eigenvalue weighted by Gasteiger charge is 2.26. The first-order chi connectivity index (χ1) is 16.6. The molecule has 1 atom stereocenters. The van der Waals surface area contributed by atoms with Gasteiger partial charge in [0.25, 0.3) is 5.56 Å². The van der Waals surface area contributed by atoms with Crippen LogP contribution >= 0.6 is 0 Å². The zero-order chi connectivity index (χ0) is 23.9. The number of carbonyl (C=O) groups excluding carboxylic acids is 1. The summed E-state index contributed by atoms with van der Waals surface area (Å²) < 4.78 is 12.1. The number of hydrogen-bond acceptors (Lipinski definition) is 6. The molecule has 0 aliphatic carbocycles. The molecule has 0 saturated carbocycles. The van der Waals surface area contributed by atoms with Crippen LogP contribution in [-0.2, 0) is 17.9 Å². The Kier molecular flexibility index (Phi) is 7.47. The number of piperidine rings is 1. The maximum Gasteiger partial charge on any atom is 0.269 e. The topological polar surface area (TPSA) is 85.7 Å². The zero-order valence-corrected chi connectivity index (χ0v) is 19.6. The van der Waals surface area contributed by atoms with Gasteiger partial charge in [-0.15, -0.1) is 0 Å². The van der Waals surface area contributed by atoms with Crippen LogP contribution in [0, 0.1) is 5.92 Å². The van der Waals surface area contributed by atoms with E-state index in [0.29, 0.717) is 31.1 Å². The molecule has 0 spiro atoms. The van der Waals surface area contributed by atoms with Gasteiger partial charge in [-0.2, -0.15) is 5.10 Å². The zero-order valence-electron chi connectivity index (χ0n) is 19.6. The largest absolute Gasteiger partial charge is 0.493 e. The molecule has 1 saturated heterocycles. The van der Waals surface area contributed by atoms with E-state index in [4.69, 9.17) is 9.47 Å². The summed E-state index contributed by atoms with van der Waals surface area (Å²) in [7, 11) is 3.18. The Morgan fingerprint density at radius 2 is 1.85 bits per heavy atom. The van der Waals surface area contributed by atoms with E-state index in [9.17, 15) is 9.59 Å².